The Morgan fingerprint density at radius 3 is 2.53 bits per heavy atom. The number of phenolic OH excluding ortho intramolecular Hbond substituents is 2. The maximum atomic E-state index is 9.61. The van der Waals surface area contributed by atoms with Gasteiger partial charge in [-0.2, -0.15) is 0 Å². The molecule has 3 heteroatoms. The van der Waals surface area contributed by atoms with Gasteiger partial charge >= 0.3 is 0 Å². The summed E-state index contributed by atoms with van der Waals surface area (Å²) < 4.78 is 0. The molecule has 0 fully saturated rings. The Labute approximate surface area is 99.7 Å². The van der Waals surface area contributed by atoms with E-state index >= 15 is 0 Å². The summed E-state index contributed by atoms with van der Waals surface area (Å²) in [5.74, 6) is 0.297. The van der Waals surface area contributed by atoms with Crippen LogP contribution in [0.3, 0.4) is 0 Å². The lowest BCUT2D eigenvalue weighted by atomic mass is 10.2. The number of rotatable bonds is 2. The van der Waals surface area contributed by atoms with Crippen LogP contribution in [0.5, 0.6) is 11.5 Å². The molecule has 2 aromatic rings. The summed E-state index contributed by atoms with van der Waals surface area (Å²) >= 11 is 0. The molecular formula is C14H13NO2. The second kappa shape index (κ2) is 4.70. The summed E-state index contributed by atoms with van der Waals surface area (Å²) in [6.45, 7) is 1.93. The van der Waals surface area contributed by atoms with Gasteiger partial charge in [0.05, 0.1) is 0 Å². The molecule has 0 amide bonds. The van der Waals surface area contributed by atoms with Crippen LogP contribution >= 0.6 is 0 Å². The van der Waals surface area contributed by atoms with Crippen molar-refractivity contribution in [2.24, 2.45) is 4.99 Å². The van der Waals surface area contributed by atoms with Crippen molar-refractivity contribution in [1.29, 1.82) is 0 Å². The van der Waals surface area contributed by atoms with Crippen molar-refractivity contribution in [3.05, 3.63) is 53.6 Å². The molecule has 0 aliphatic heterocycles. The fourth-order valence-electron chi connectivity index (χ4n) is 1.47. The molecule has 2 N–H and O–H groups in total. The molecule has 17 heavy (non-hydrogen) atoms. The molecule has 0 heterocycles. The molecule has 0 atom stereocenters. The number of hydrogen-bond acceptors (Lipinski definition) is 3. The summed E-state index contributed by atoms with van der Waals surface area (Å²) in [4.78, 5) is 4.16. The molecule has 0 aliphatic carbocycles. The summed E-state index contributed by atoms with van der Waals surface area (Å²) in [7, 11) is 0. The van der Waals surface area contributed by atoms with Crippen LogP contribution in [-0.2, 0) is 0 Å². The van der Waals surface area contributed by atoms with Crippen LogP contribution in [0.4, 0.5) is 5.69 Å². The molecule has 0 radical (unpaired) electrons. The van der Waals surface area contributed by atoms with Crippen LogP contribution in [-0.4, -0.2) is 16.4 Å². The van der Waals surface area contributed by atoms with Gasteiger partial charge in [0.15, 0.2) is 0 Å². The number of benzene rings is 2. The van der Waals surface area contributed by atoms with Gasteiger partial charge in [-0.25, -0.2) is 0 Å². The van der Waals surface area contributed by atoms with Crippen LogP contribution in [0.25, 0.3) is 0 Å². The molecule has 2 aromatic carbocycles. The van der Waals surface area contributed by atoms with E-state index in [9.17, 15) is 10.2 Å². The van der Waals surface area contributed by atoms with Gasteiger partial charge in [-0.15, -0.1) is 0 Å². The van der Waals surface area contributed by atoms with Gasteiger partial charge in [0.1, 0.15) is 17.2 Å². The third kappa shape index (κ3) is 2.64. The molecule has 0 aliphatic rings. The zero-order valence-electron chi connectivity index (χ0n) is 9.46. The van der Waals surface area contributed by atoms with Crippen LogP contribution in [0.1, 0.15) is 11.1 Å². The molecule has 86 valence electrons. The SMILES string of the molecule is Cc1ccc(O)c(/N=C/c2ccccc2O)c1. The van der Waals surface area contributed by atoms with E-state index in [0.717, 1.165) is 5.56 Å². The maximum Gasteiger partial charge on any atom is 0.141 e. The van der Waals surface area contributed by atoms with Gasteiger partial charge in [0, 0.05) is 11.8 Å². The van der Waals surface area contributed by atoms with E-state index in [2.05, 4.69) is 4.99 Å². The van der Waals surface area contributed by atoms with Crippen molar-refractivity contribution in [2.75, 3.05) is 0 Å². The van der Waals surface area contributed by atoms with Crippen LogP contribution in [0, 0.1) is 6.92 Å². The van der Waals surface area contributed by atoms with Gasteiger partial charge in [-0.3, -0.25) is 4.99 Å². The highest BCUT2D eigenvalue weighted by atomic mass is 16.3. The molecule has 2 rings (SSSR count). The van der Waals surface area contributed by atoms with Gasteiger partial charge in [0.25, 0.3) is 0 Å². The molecule has 0 aromatic heterocycles. The van der Waals surface area contributed by atoms with Crippen molar-refractivity contribution in [3.8, 4) is 11.5 Å². The quantitative estimate of drug-likeness (QED) is 0.774. The number of nitrogens with zero attached hydrogens (tertiary/aromatic N) is 1. The predicted octanol–water partition coefficient (Wildman–Crippen LogP) is 3.16. The van der Waals surface area contributed by atoms with Crippen LogP contribution in [0.2, 0.25) is 0 Å². The van der Waals surface area contributed by atoms with Crippen molar-refractivity contribution in [3.63, 3.8) is 0 Å². The number of para-hydroxylation sites is 1. The highest BCUT2D eigenvalue weighted by molar-refractivity contribution is 5.85. The summed E-state index contributed by atoms with van der Waals surface area (Å²) in [6, 6.07) is 12.1. The standard InChI is InChI=1S/C14H13NO2/c1-10-6-7-14(17)12(8-10)15-9-11-4-2-3-5-13(11)16/h2-9,16-17H,1H3/b15-9+. The zero-order chi connectivity index (χ0) is 12.3. The third-order valence-electron chi connectivity index (χ3n) is 2.41. The average Bonchev–Trinajstić information content (AvgIpc) is 2.32. The molecular weight excluding hydrogens is 214 g/mol. The molecule has 0 bridgehead atoms. The van der Waals surface area contributed by atoms with Crippen molar-refractivity contribution < 1.29 is 10.2 Å². The second-order valence-electron chi connectivity index (χ2n) is 3.81. The minimum Gasteiger partial charge on any atom is -0.507 e. The topological polar surface area (TPSA) is 52.8 Å². The lowest BCUT2D eigenvalue weighted by Crippen LogP contribution is -1.81. The van der Waals surface area contributed by atoms with E-state index in [-0.39, 0.29) is 11.5 Å². The van der Waals surface area contributed by atoms with Crippen molar-refractivity contribution in [2.45, 2.75) is 6.92 Å². The zero-order valence-corrected chi connectivity index (χ0v) is 9.46. The molecule has 3 nitrogen and oxygen atoms in total. The Kier molecular flexibility index (Phi) is 3.10. The molecule has 0 saturated heterocycles. The van der Waals surface area contributed by atoms with Crippen molar-refractivity contribution in [1.82, 2.24) is 0 Å². The lowest BCUT2D eigenvalue weighted by Gasteiger charge is -2.01. The fourth-order valence-corrected chi connectivity index (χ4v) is 1.47. The molecule has 0 saturated carbocycles. The predicted molar refractivity (Wildman–Crippen MR) is 68.2 cm³/mol. The Hall–Kier alpha value is -2.29. The number of aryl methyl sites for hydroxylation is 1. The highest BCUT2D eigenvalue weighted by Gasteiger charge is 1.99. The second-order valence-corrected chi connectivity index (χ2v) is 3.81. The maximum absolute atomic E-state index is 9.61. The van der Waals surface area contributed by atoms with Crippen LogP contribution in [0.15, 0.2) is 47.5 Å². The summed E-state index contributed by atoms with van der Waals surface area (Å²) in [5.41, 5.74) is 2.13. The Balaban J connectivity index is 2.32. The van der Waals surface area contributed by atoms with Gasteiger partial charge < -0.3 is 10.2 Å². The average molecular weight is 227 g/mol. The number of phenols is 2. The third-order valence-corrected chi connectivity index (χ3v) is 2.41. The highest BCUT2D eigenvalue weighted by Crippen LogP contribution is 2.27. The molecule has 0 unspecified atom stereocenters. The minimum atomic E-state index is 0.127. The summed E-state index contributed by atoms with van der Waals surface area (Å²) in [5, 5.41) is 19.2. The first kappa shape index (κ1) is 11.2. The minimum absolute atomic E-state index is 0.127. The van der Waals surface area contributed by atoms with E-state index in [1.807, 2.05) is 19.1 Å². The van der Waals surface area contributed by atoms with E-state index < -0.39 is 0 Å². The van der Waals surface area contributed by atoms with Gasteiger partial charge in [0.2, 0.25) is 0 Å². The first-order valence-corrected chi connectivity index (χ1v) is 5.28. The van der Waals surface area contributed by atoms with E-state index in [1.165, 1.54) is 6.21 Å². The first-order valence-electron chi connectivity index (χ1n) is 5.28. The van der Waals surface area contributed by atoms with E-state index in [4.69, 9.17) is 0 Å². The van der Waals surface area contributed by atoms with Gasteiger partial charge in [-0.1, -0.05) is 18.2 Å². The Bertz CT molecular complexity index is 562. The number of hydrogen-bond donors (Lipinski definition) is 2. The first-order chi connectivity index (χ1) is 8.16. The number of aliphatic imine (C=N–C) groups is 1. The normalized spacial score (nSPS) is 10.9. The fraction of sp³-hybridized carbons (Fsp3) is 0.0714. The Morgan fingerprint density at radius 1 is 1.00 bits per heavy atom. The smallest absolute Gasteiger partial charge is 0.141 e. The summed E-state index contributed by atoms with van der Waals surface area (Å²) in [6.07, 6.45) is 1.53. The number of aromatic hydroxyl groups is 2. The van der Waals surface area contributed by atoms with E-state index in [0.29, 0.717) is 11.3 Å². The molecule has 0 spiro atoms. The monoisotopic (exact) mass is 227 g/mol. The lowest BCUT2D eigenvalue weighted by molar-refractivity contribution is 0.474. The van der Waals surface area contributed by atoms with Gasteiger partial charge in [-0.05, 0) is 36.8 Å². The van der Waals surface area contributed by atoms with Crippen LogP contribution < -0.4 is 0 Å². The van der Waals surface area contributed by atoms with Crippen molar-refractivity contribution >= 4 is 11.9 Å². The van der Waals surface area contributed by atoms with E-state index in [1.54, 1.807) is 30.3 Å². The largest absolute Gasteiger partial charge is 0.507 e. The Morgan fingerprint density at radius 2 is 1.76 bits per heavy atom.